The van der Waals surface area contributed by atoms with E-state index in [1.807, 2.05) is 26.2 Å². The van der Waals surface area contributed by atoms with Gasteiger partial charge < -0.3 is 15.5 Å². The average molecular weight is 279 g/mol. The monoisotopic (exact) mass is 279 g/mol. The van der Waals surface area contributed by atoms with Crippen LogP contribution in [0, 0.1) is 5.92 Å². The lowest BCUT2D eigenvalue weighted by atomic mass is 9.86. The van der Waals surface area contributed by atoms with Crippen LogP contribution in [0.15, 0.2) is 22.8 Å². The van der Waals surface area contributed by atoms with Gasteiger partial charge in [0.2, 0.25) is 5.91 Å². The maximum Gasteiger partial charge on any atom is 0.223 e. The van der Waals surface area contributed by atoms with Gasteiger partial charge in [-0.15, -0.1) is 0 Å². The molecule has 0 aromatic carbocycles. The van der Waals surface area contributed by atoms with Crippen molar-refractivity contribution in [2.75, 3.05) is 20.6 Å². The standard InChI is InChI=1S/C15H25N3O2/c1-18(2)13(14-4-3-9-20-14)10-17-15(19)11-5-7-12(16)8-6-11/h3-4,9,11-13H,5-8,10,16H2,1-2H3,(H,17,19). The molecule has 1 heterocycles. The number of nitrogens with one attached hydrogen (secondary N) is 1. The largest absolute Gasteiger partial charge is 0.468 e. The molecule has 1 fully saturated rings. The Balaban J connectivity index is 1.85. The van der Waals surface area contributed by atoms with Gasteiger partial charge in [-0.2, -0.15) is 0 Å². The smallest absolute Gasteiger partial charge is 0.223 e. The van der Waals surface area contributed by atoms with E-state index in [0.717, 1.165) is 31.4 Å². The fraction of sp³-hybridized carbons (Fsp3) is 0.667. The summed E-state index contributed by atoms with van der Waals surface area (Å²) in [5, 5.41) is 3.06. The van der Waals surface area contributed by atoms with Crippen molar-refractivity contribution in [3.63, 3.8) is 0 Å². The molecule has 1 amide bonds. The molecule has 3 N–H and O–H groups in total. The summed E-state index contributed by atoms with van der Waals surface area (Å²) in [5.41, 5.74) is 5.87. The minimum Gasteiger partial charge on any atom is -0.468 e. The molecular weight excluding hydrogens is 254 g/mol. The molecule has 0 bridgehead atoms. The third kappa shape index (κ3) is 3.84. The van der Waals surface area contributed by atoms with Crippen LogP contribution in [0.2, 0.25) is 0 Å². The van der Waals surface area contributed by atoms with Crippen LogP contribution < -0.4 is 11.1 Å². The van der Waals surface area contributed by atoms with Crippen LogP contribution in [0.4, 0.5) is 0 Å². The summed E-state index contributed by atoms with van der Waals surface area (Å²) in [6.45, 7) is 0.571. The minimum atomic E-state index is 0.0693. The first kappa shape index (κ1) is 15.1. The summed E-state index contributed by atoms with van der Waals surface area (Å²) in [5.74, 6) is 1.14. The van der Waals surface area contributed by atoms with Crippen molar-refractivity contribution in [3.05, 3.63) is 24.2 Å². The quantitative estimate of drug-likeness (QED) is 0.857. The summed E-state index contributed by atoms with van der Waals surface area (Å²) in [6.07, 6.45) is 5.37. The van der Waals surface area contributed by atoms with E-state index in [2.05, 4.69) is 10.2 Å². The highest BCUT2D eigenvalue weighted by Gasteiger charge is 2.25. The summed E-state index contributed by atoms with van der Waals surface area (Å²) in [7, 11) is 3.97. The number of likely N-dealkylation sites (N-methyl/N-ethyl adjacent to an activating group) is 1. The van der Waals surface area contributed by atoms with Crippen LogP contribution in [-0.2, 0) is 4.79 Å². The second-order valence-corrected chi connectivity index (χ2v) is 5.85. The highest BCUT2D eigenvalue weighted by Crippen LogP contribution is 2.24. The molecule has 0 radical (unpaired) electrons. The van der Waals surface area contributed by atoms with Gasteiger partial charge in [0.05, 0.1) is 12.3 Å². The van der Waals surface area contributed by atoms with Gasteiger partial charge >= 0.3 is 0 Å². The number of hydrogen-bond acceptors (Lipinski definition) is 4. The van der Waals surface area contributed by atoms with E-state index < -0.39 is 0 Å². The fourth-order valence-electron chi connectivity index (χ4n) is 2.74. The summed E-state index contributed by atoms with van der Waals surface area (Å²) >= 11 is 0. The first-order chi connectivity index (χ1) is 9.58. The Labute approximate surface area is 120 Å². The van der Waals surface area contributed by atoms with Gasteiger partial charge in [0.1, 0.15) is 5.76 Å². The average Bonchev–Trinajstić information content (AvgIpc) is 2.93. The Hall–Kier alpha value is -1.33. The normalized spacial score (nSPS) is 24.6. The molecule has 1 saturated carbocycles. The molecule has 2 rings (SSSR count). The van der Waals surface area contributed by atoms with Crippen molar-refractivity contribution in [2.45, 2.75) is 37.8 Å². The van der Waals surface area contributed by atoms with Gasteiger partial charge in [-0.25, -0.2) is 0 Å². The Kier molecular flexibility index (Phi) is 5.20. The molecule has 20 heavy (non-hydrogen) atoms. The summed E-state index contributed by atoms with van der Waals surface area (Å²) < 4.78 is 5.44. The van der Waals surface area contributed by atoms with Gasteiger partial charge in [0.15, 0.2) is 0 Å². The van der Waals surface area contributed by atoms with Crippen molar-refractivity contribution in [1.82, 2.24) is 10.2 Å². The maximum absolute atomic E-state index is 12.2. The zero-order valence-corrected chi connectivity index (χ0v) is 12.3. The molecule has 112 valence electrons. The molecule has 0 aliphatic heterocycles. The van der Waals surface area contributed by atoms with Crippen LogP contribution >= 0.6 is 0 Å². The van der Waals surface area contributed by atoms with Crippen LogP contribution in [0.5, 0.6) is 0 Å². The van der Waals surface area contributed by atoms with E-state index in [9.17, 15) is 4.79 Å². The fourth-order valence-corrected chi connectivity index (χ4v) is 2.74. The molecule has 0 saturated heterocycles. The predicted molar refractivity (Wildman–Crippen MR) is 78.1 cm³/mol. The lowest BCUT2D eigenvalue weighted by Crippen LogP contribution is -2.40. The third-order valence-corrected chi connectivity index (χ3v) is 4.11. The van der Waals surface area contributed by atoms with Crippen LogP contribution in [0.3, 0.4) is 0 Å². The van der Waals surface area contributed by atoms with Gasteiger partial charge in [0, 0.05) is 18.5 Å². The van der Waals surface area contributed by atoms with Crippen molar-refractivity contribution >= 4 is 5.91 Å². The van der Waals surface area contributed by atoms with E-state index in [-0.39, 0.29) is 23.9 Å². The molecule has 1 aliphatic carbocycles. The van der Waals surface area contributed by atoms with Crippen molar-refractivity contribution < 1.29 is 9.21 Å². The van der Waals surface area contributed by atoms with Crippen LogP contribution in [0.25, 0.3) is 0 Å². The first-order valence-electron chi connectivity index (χ1n) is 7.31. The first-order valence-corrected chi connectivity index (χ1v) is 7.31. The zero-order valence-electron chi connectivity index (χ0n) is 12.3. The van der Waals surface area contributed by atoms with Crippen LogP contribution in [-0.4, -0.2) is 37.5 Å². The van der Waals surface area contributed by atoms with E-state index in [1.54, 1.807) is 6.26 Å². The van der Waals surface area contributed by atoms with Crippen molar-refractivity contribution in [1.29, 1.82) is 0 Å². The van der Waals surface area contributed by atoms with Crippen LogP contribution in [0.1, 0.15) is 37.5 Å². The topological polar surface area (TPSA) is 71.5 Å². The summed E-state index contributed by atoms with van der Waals surface area (Å²) in [4.78, 5) is 14.3. The molecule has 1 atom stereocenters. The Morgan fingerprint density at radius 3 is 2.70 bits per heavy atom. The SMILES string of the molecule is CN(C)C(CNC(=O)C1CCC(N)CC1)c1ccco1. The number of carbonyl (C=O) groups is 1. The number of nitrogens with zero attached hydrogens (tertiary/aromatic N) is 1. The molecule has 1 aromatic rings. The highest BCUT2D eigenvalue weighted by molar-refractivity contribution is 5.78. The number of hydrogen-bond donors (Lipinski definition) is 2. The third-order valence-electron chi connectivity index (χ3n) is 4.11. The van der Waals surface area contributed by atoms with Gasteiger partial charge in [-0.1, -0.05) is 0 Å². The second kappa shape index (κ2) is 6.90. The van der Waals surface area contributed by atoms with Gasteiger partial charge in [-0.3, -0.25) is 9.69 Å². The van der Waals surface area contributed by atoms with Gasteiger partial charge in [0.25, 0.3) is 0 Å². The lowest BCUT2D eigenvalue weighted by molar-refractivity contribution is -0.126. The molecular formula is C15H25N3O2. The molecule has 1 aromatic heterocycles. The Morgan fingerprint density at radius 1 is 1.45 bits per heavy atom. The van der Waals surface area contributed by atoms with E-state index in [4.69, 9.17) is 10.2 Å². The molecule has 5 heteroatoms. The van der Waals surface area contributed by atoms with Crippen molar-refractivity contribution in [3.8, 4) is 0 Å². The lowest BCUT2D eigenvalue weighted by Gasteiger charge is -2.27. The molecule has 1 unspecified atom stereocenters. The number of rotatable bonds is 5. The zero-order chi connectivity index (χ0) is 14.5. The van der Waals surface area contributed by atoms with E-state index >= 15 is 0 Å². The van der Waals surface area contributed by atoms with E-state index in [0.29, 0.717) is 6.54 Å². The Morgan fingerprint density at radius 2 is 2.15 bits per heavy atom. The molecule has 1 aliphatic rings. The molecule has 5 nitrogen and oxygen atoms in total. The van der Waals surface area contributed by atoms with Gasteiger partial charge in [-0.05, 0) is 51.9 Å². The number of nitrogens with two attached hydrogens (primary N) is 1. The molecule has 0 spiro atoms. The summed E-state index contributed by atoms with van der Waals surface area (Å²) in [6, 6.07) is 4.16. The number of carbonyl (C=O) groups excluding carboxylic acids is 1. The van der Waals surface area contributed by atoms with E-state index in [1.165, 1.54) is 0 Å². The number of furan rings is 1. The Bertz CT molecular complexity index is 409. The maximum atomic E-state index is 12.2. The second-order valence-electron chi connectivity index (χ2n) is 5.85. The van der Waals surface area contributed by atoms with Crippen molar-refractivity contribution in [2.24, 2.45) is 11.7 Å². The number of amides is 1. The predicted octanol–water partition coefficient (Wildman–Crippen LogP) is 1.52. The minimum absolute atomic E-state index is 0.0693. The highest BCUT2D eigenvalue weighted by atomic mass is 16.3.